The summed E-state index contributed by atoms with van der Waals surface area (Å²) in [7, 11) is -0.300. The number of para-hydroxylation sites is 1. The van der Waals surface area contributed by atoms with E-state index in [4.69, 9.17) is 27.9 Å². The molecule has 0 radical (unpaired) electrons. The van der Waals surface area contributed by atoms with Gasteiger partial charge in [-0.1, -0.05) is 83.4 Å². The molecule has 2 heterocycles. The largest absolute Gasteiger partial charge is 0.507 e. The standard InChI is InChI=1S/C42H36BCl2N3O8/c1-3-6-22-7-4-10-30(37(22)49)36-28-16-17-29-35(40(52)47(38(29)50)26-9-5-8-24(19-26)43(54)55)31(28)21-32-39(51)48(46-34-18-13-25(44)20-33(34)45)41(53)42(32,36)23-11-14-27(56-2)15-12-23/h3-5,7-16,18-20,29,31-32,35-36,46,49,54-55H,1,6,17,21H2,2H3/t29-,31+,32-,35-,36+,42+/m0/s1. The number of imide groups is 2. The Morgan fingerprint density at radius 1 is 0.946 bits per heavy atom. The van der Waals surface area contributed by atoms with E-state index in [0.29, 0.717) is 39.5 Å². The van der Waals surface area contributed by atoms with Crippen molar-refractivity contribution < 1.29 is 39.1 Å². The molecule has 2 aliphatic heterocycles. The van der Waals surface area contributed by atoms with Crippen molar-refractivity contribution in [3.05, 3.63) is 136 Å². The number of carbonyl (C=O) groups is 4. The van der Waals surface area contributed by atoms with Gasteiger partial charge in [-0.15, -0.1) is 6.58 Å². The molecule has 4 amide bonds. The van der Waals surface area contributed by atoms with Gasteiger partial charge in [-0.2, -0.15) is 5.01 Å². The molecule has 4 aromatic carbocycles. The number of phenolic OH excluding ortho intramolecular Hbond substituents is 1. The van der Waals surface area contributed by atoms with Crippen molar-refractivity contribution in [2.45, 2.75) is 30.6 Å². The summed E-state index contributed by atoms with van der Waals surface area (Å²) in [4.78, 5) is 60.4. The second-order valence-corrected chi connectivity index (χ2v) is 15.4. The zero-order valence-electron chi connectivity index (χ0n) is 30.1. The van der Waals surface area contributed by atoms with Crippen molar-refractivity contribution >= 4 is 70.8 Å². The quantitative estimate of drug-likeness (QED) is 0.100. The van der Waals surface area contributed by atoms with Crippen molar-refractivity contribution in [1.82, 2.24) is 5.01 Å². The monoisotopic (exact) mass is 791 g/mol. The number of anilines is 2. The number of ether oxygens (including phenoxy) is 1. The molecule has 284 valence electrons. The summed E-state index contributed by atoms with van der Waals surface area (Å²) in [6.07, 6.45) is 4.03. The minimum atomic E-state index is -1.82. The van der Waals surface area contributed by atoms with Crippen LogP contribution in [-0.2, 0) is 31.0 Å². The number of phenols is 1. The van der Waals surface area contributed by atoms with Gasteiger partial charge in [-0.25, -0.2) is 0 Å². The van der Waals surface area contributed by atoms with E-state index >= 15 is 9.59 Å². The third-order valence-corrected chi connectivity index (χ3v) is 12.4. The molecule has 11 nitrogen and oxygen atoms in total. The Hall–Kier alpha value is -5.40. The van der Waals surface area contributed by atoms with Gasteiger partial charge in [0.2, 0.25) is 11.8 Å². The van der Waals surface area contributed by atoms with Gasteiger partial charge in [0.25, 0.3) is 11.8 Å². The number of methoxy groups -OCH3 is 1. The Morgan fingerprint density at radius 3 is 2.39 bits per heavy atom. The molecule has 4 aromatic rings. The van der Waals surface area contributed by atoms with Gasteiger partial charge >= 0.3 is 7.12 Å². The van der Waals surface area contributed by atoms with Crippen molar-refractivity contribution in [1.29, 1.82) is 0 Å². The molecule has 2 aliphatic carbocycles. The maximum Gasteiger partial charge on any atom is 0.488 e. The molecule has 3 fully saturated rings. The second-order valence-electron chi connectivity index (χ2n) is 14.5. The predicted molar refractivity (Wildman–Crippen MR) is 211 cm³/mol. The number of benzene rings is 4. The fourth-order valence-corrected chi connectivity index (χ4v) is 9.88. The predicted octanol–water partition coefficient (Wildman–Crippen LogP) is 5.31. The number of fused-ring (bicyclic) bond motifs is 4. The molecule has 14 heteroatoms. The highest BCUT2D eigenvalue weighted by atomic mass is 35.5. The Kier molecular flexibility index (Phi) is 9.57. The molecule has 0 aromatic heterocycles. The lowest BCUT2D eigenvalue weighted by molar-refractivity contribution is -0.138. The molecule has 4 aliphatic rings. The number of hydrazine groups is 1. The van der Waals surface area contributed by atoms with Crippen LogP contribution in [0.4, 0.5) is 11.4 Å². The third kappa shape index (κ3) is 5.65. The first-order chi connectivity index (χ1) is 26.9. The number of aromatic hydroxyl groups is 1. The fourth-order valence-electron chi connectivity index (χ4n) is 9.43. The first kappa shape index (κ1) is 37.5. The Morgan fingerprint density at radius 2 is 1.70 bits per heavy atom. The molecule has 8 rings (SSSR count). The van der Waals surface area contributed by atoms with Crippen LogP contribution in [0.2, 0.25) is 10.0 Å². The highest BCUT2D eigenvalue weighted by molar-refractivity contribution is 6.58. The van der Waals surface area contributed by atoms with Crippen LogP contribution in [0.1, 0.15) is 35.4 Å². The van der Waals surface area contributed by atoms with Gasteiger partial charge in [-0.05, 0) is 84.2 Å². The minimum Gasteiger partial charge on any atom is -0.507 e. The molecule has 6 atom stereocenters. The lowest BCUT2D eigenvalue weighted by atomic mass is 9.49. The summed E-state index contributed by atoms with van der Waals surface area (Å²) in [6.45, 7) is 3.85. The molecule has 56 heavy (non-hydrogen) atoms. The average molecular weight is 792 g/mol. The van der Waals surface area contributed by atoms with Crippen LogP contribution < -0.4 is 20.5 Å². The highest BCUT2D eigenvalue weighted by Gasteiger charge is 2.70. The number of hydrogen-bond donors (Lipinski definition) is 4. The normalized spacial score (nSPS) is 25.4. The molecule has 0 unspecified atom stereocenters. The molecular formula is C42H36BCl2N3O8. The summed E-state index contributed by atoms with van der Waals surface area (Å²) in [6, 6.07) is 22.7. The van der Waals surface area contributed by atoms with Gasteiger partial charge in [-0.3, -0.25) is 29.5 Å². The van der Waals surface area contributed by atoms with E-state index in [1.165, 1.54) is 31.4 Å². The van der Waals surface area contributed by atoms with Gasteiger partial charge < -0.3 is 19.9 Å². The Bertz CT molecular complexity index is 2350. The lowest BCUT2D eigenvalue weighted by Gasteiger charge is -2.50. The number of halogens is 2. The molecule has 2 saturated heterocycles. The van der Waals surface area contributed by atoms with Crippen LogP contribution in [0.3, 0.4) is 0 Å². The highest BCUT2D eigenvalue weighted by Crippen LogP contribution is 2.65. The van der Waals surface area contributed by atoms with Crippen molar-refractivity contribution in [3.8, 4) is 11.5 Å². The molecule has 1 saturated carbocycles. The molecule has 0 bridgehead atoms. The summed E-state index contributed by atoms with van der Waals surface area (Å²) in [5.74, 6) is -6.18. The summed E-state index contributed by atoms with van der Waals surface area (Å²) in [5, 5.41) is 33.3. The van der Waals surface area contributed by atoms with E-state index in [1.54, 1.807) is 66.7 Å². The summed E-state index contributed by atoms with van der Waals surface area (Å²) >= 11 is 12.7. The van der Waals surface area contributed by atoms with Gasteiger partial charge in [0.05, 0.1) is 46.7 Å². The SMILES string of the molecule is C=CCc1cccc([C@H]2C3=CC[C@@H]4C(=O)N(c5cccc(B(O)O)c5)C(=O)[C@@H]4[C@@H]3C[C@H]3C(=O)N(Nc4ccc(Cl)cc4Cl)C(=O)[C@@]23c2ccc(OC)cc2)c1O. The van der Waals surface area contributed by atoms with Crippen LogP contribution in [0, 0.1) is 23.7 Å². The van der Waals surface area contributed by atoms with E-state index in [2.05, 4.69) is 12.0 Å². The maximum absolute atomic E-state index is 15.5. The van der Waals surface area contributed by atoms with Crippen molar-refractivity contribution in [2.24, 2.45) is 23.7 Å². The van der Waals surface area contributed by atoms with Crippen molar-refractivity contribution in [2.75, 3.05) is 17.4 Å². The van der Waals surface area contributed by atoms with Crippen LogP contribution in [0.5, 0.6) is 11.5 Å². The second kappa shape index (κ2) is 14.3. The van der Waals surface area contributed by atoms with Gasteiger partial charge in [0.1, 0.15) is 11.5 Å². The fraction of sp³-hybridized carbons (Fsp3) is 0.238. The third-order valence-electron chi connectivity index (χ3n) is 11.8. The zero-order valence-corrected chi connectivity index (χ0v) is 31.6. The van der Waals surface area contributed by atoms with Crippen LogP contribution >= 0.6 is 23.2 Å². The number of hydrogen-bond acceptors (Lipinski definition) is 9. The van der Waals surface area contributed by atoms with E-state index in [-0.39, 0.29) is 40.5 Å². The maximum atomic E-state index is 15.5. The van der Waals surface area contributed by atoms with E-state index in [0.717, 1.165) is 9.91 Å². The number of allylic oxidation sites excluding steroid dienone is 3. The Labute approximate surface area is 332 Å². The van der Waals surface area contributed by atoms with Crippen molar-refractivity contribution in [3.63, 3.8) is 0 Å². The minimum absolute atomic E-state index is 0.0159. The summed E-state index contributed by atoms with van der Waals surface area (Å²) in [5.41, 5.74) is 3.94. The first-order valence-corrected chi connectivity index (χ1v) is 18.9. The van der Waals surface area contributed by atoms with E-state index in [1.807, 2.05) is 6.08 Å². The Balaban J connectivity index is 1.34. The number of nitrogens with one attached hydrogen (secondary N) is 1. The van der Waals surface area contributed by atoms with Crippen LogP contribution in [0.15, 0.2) is 109 Å². The zero-order chi connectivity index (χ0) is 39.6. The lowest BCUT2D eigenvalue weighted by Crippen LogP contribution is -2.53. The van der Waals surface area contributed by atoms with Gasteiger partial charge in [0, 0.05) is 16.5 Å². The van der Waals surface area contributed by atoms with Crippen LogP contribution in [-0.4, -0.2) is 58.0 Å². The number of nitrogens with zero attached hydrogens (tertiary/aromatic N) is 2. The summed E-state index contributed by atoms with van der Waals surface area (Å²) < 4.78 is 5.47. The topological polar surface area (TPSA) is 157 Å². The number of carbonyl (C=O) groups excluding carboxylic acids is 4. The number of rotatable bonds is 9. The van der Waals surface area contributed by atoms with E-state index in [9.17, 15) is 24.7 Å². The van der Waals surface area contributed by atoms with Crippen LogP contribution in [0.25, 0.3) is 0 Å². The number of amides is 4. The average Bonchev–Trinajstić information content (AvgIpc) is 3.57. The first-order valence-electron chi connectivity index (χ1n) is 18.1. The molecule has 4 N–H and O–H groups in total. The smallest absolute Gasteiger partial charge is 0.488 e. The molecule has 0 spiro atoms. The van der Waals surface area contributed by atoms with Gasteiger partial charge in [0.15, 0.2) is 0 Å². The molecular weight excluding hydrogens is 756 g/mol. The van der Waals surface area contributed by atoms with E-state index < -0.39 is 65.8 Å².